The number of nitrogens with zero attached hydrogens (tertiary/aromatic N) is 6. The average Bonchev–Trinajstić information content (AvgIpc) is 3.33. The quantitative estimate of drug-likeness (QED) is 0.599. The number of benzene rings is 2. The van der Waals surface area contributed by atoms with E-state index in [2.05, 4.69) is 26.5 Å². The number of piperazine rings is 1. The van der Waals surface area contributed by atoms with Crippen molar-refractivity contribution in [1.82, 2.24) is 25.1 Å². The fraction of sp³-hybridized carbons (Fsp3) is 0.364. The van der Waals surface area contributed by atoms with E-state index < -0.39 is 6.04 Å². The van der Waals surface area contributed by atoms with Gasteiger partial charge < -0.3 is 14.5 Å². The summed E-state index contributed by atoms with van der Waals surface area (Å²) in [6, 6.07) is 17.6. The van der Waals surface area contributed by atoms with Gasteiger partial charge in [-0.2, -0.15) is 0 Å². The Kier molecular flexibility index (Phi) is 6.22. The molecule has 2 heterocycles. The third-order valence-corrected chi connectivity index (χ3v) is 5.34. The van der Waals surface area contributed by atoms with Crippen molar-refractivity contribution in [2.45, 2.75) is 19.4 Å². The first-order valence-electron chi connectivity index (χ1n) is 10.3. The summed E-state index contributed by atoms with van der Waals surface area (Å²) in [5, 5.41) is 11.5. The van der Waals surface area contributed by atoms with E-state index in [0.29, 0.717) is 26.1 Å². The Morgan fingerprint density at radius 2 is 1.77 bits per heavy atom. The van der Waals surface area contributed by atoms with Gasteiger partial charge in [0.15, 0.2) is 0 Å². The summed E-state index contributed by atoms with van der Waals surface area (Å²) in [6.07, 6.45) is 2.07. The highest BCUT2D eigenvalue weighted by atomic mass is 16.5. The number of rotatable bonds is 7. The van der Waals surface area contributed by atoms with Crippen molar-refractivity contribution in [3.8, 4) is 5.75 Å². The molecule has 0 bridgehead atoms. The lowest BCUT2D eigenvalue weighted by Crippen LogP contribution is -2.51. The smallest absolute Gasteiger partial charge is 0.248 e. The molecule has 1 aliphatic heterocycles. The first kappa shape index (κ1) is 19.9. The molecule has 4 rings (SSSR count). The molecule has 1 atom stereocenters. The molecule has 0 radical (unpaired) electrons. The first-order valence-corrected chi connectivity index (χ1v) is 10.3. The number of anilines is 1. The lowest BCUT2D eigenvalue weighted by Gasteiger charge is -2.38. The van der Waals surface area contributed by atoms with Crippen molar-refractivity contribution >= 4 is 11.6 Å². The van der Waals surface area contributed by atoms with E-state index in [-0.39, 0.29) is 5.91 Å². The zero-order valence-corrected chi connectivity index (χ0v) is 17.1. The third kappa shape index (κ3) is 4.42. The zero-order chi connectivity index (χ0) is 20.8. The second-order valence-corrected chi connectivity index (χ2v) is 7.21. The SMILES string of the molecule is CCOc1ccccc1N1CCN(C(=O)C(Cc2ccccc2)n2cnnn2)CC1. The van der Waals surface area contributed by atoms with Crippen molar-refractivity contribution in [3.63, 3.8) is 0 Å². The van der Waals surface area contributed by atoms with Gasteiger partial charge in [-0.25, -0.2) is 4.68 Å². The molecule has 8 nitrogen and oxygen atoms in total. The van der Waals surface area contributed by atoms with Crippen LogP contribution in [0.1, 0.15) is 18.5 Å². The first-order chi connectivity index (χ1) is 14.8. The molecule has 0 aliphatic carbocycles. The maximum absolute atomic E-state index is 13.4. The normalized spacial score (nSPS) is 15.1. The molecule has 0 saturated carbocycles. The van der Waals surface area contributed by atoms with Gasteiger partial charge in [0.25, 0.3) is 0 Å². The van der Waals surface area contributed by atoms with Crippen LogP contribution in [0.25, 0.3) is 0 Å². The van der Waals surface area contributed by atoms with E-state index in [4.69, 9.17) is 4.74 Å². The van der Waals surface area contributed by atoms with Crippen molar-refractivity contribution in [2.24, 2.45) is 0 Å². The van der Waals surface area contributed by atoms with Crippen LogP contribution in [0.4, 0.5) is 5.69 Å². The van der Waals surface area contributed by atoms with E-state index in [1.54, 1.807) is 4.68 Å². The van der Waals surface area contributed by atoms with Crippen LogP contribution in [0.2, 0.25) is 0 Å². The van der Waals surface area contributed by atoms with E-state index in [1.807, 2.05) is 60.4 Å². The minimum atomic E-state index is -0.454. The van der Waals surface area contributed by atoms with Crippen LogP contribution in [-0.2, 0) is 11.2 Å². The largest absolute Gasteiger partial charge is 0.492 e. The maximum atomic E-state index is 13.4. The molecule has 1 saturated heterocycles. The number of carbonyl (C=O) groups is 1. The summed E-state index contributed by atoms with van der Waals surface area (Å²) in [6.45, 7) is 5.41. The molecule has 3 aromatic rings. The number of hydrogen-bond donors (Lipinski definition) is 0. The molecule has 1 unspecified atom stereocenters. The number of hydrogen-bond acceptors (Lipinski definition) is 6. The Bertz CT molecular complexity index is 939. The summed E-state index contributed by atoms with van der Waals surface area (Å²) >= 11 is 0. The molecular weight excluding hydrogens is 380 g/mol. The Hall–Kier alpha value is -3.42. The summed E-state index contributed by atoms with van der Waals surface area (Å²) in [4.78, 5) is 17.6. The molecule has 8 heteroatoms. The lowest BCUT2D eigenvalue weighted by molar-refractivity contribution is -0.135. The molecule has 1 fully saturated rings. The fourth-order valence-electron chi connectivity index (χ4n) is 3.82. The molecule has 1 aliphatic rings. The van der Waals surface area contributed by atoms with Crippen LogP contribution in [-0.4, -0.2) is 63.8 Å². The van der Waals surface area contributed by atoms with Gasteiger partial charge in [-0.15, -0.1) is 5.10 Å². The Balaban J connectivity index is 1.46. The van der Waals surface area contributed by atoms with Gasteiger partial charge in [-0.1, -0.05) is 42.5 Å². The monoisotopic (exact) mass is 406 g/mol. The number of ether oxygens (including phenoxy) is 1. The van der Waals surface area contributed by atoms with Gasteiger partial charge in [-0.3, -0.25) is 4.79 Å². The molecule has 30 heavy (non-hydrogen) atoms. The van der Waals surface area contributed by atoms with Crippen LogP contribution in [0, 0.1) is 0 Å². The predicted octanol–water partition coefficient (Wildman–Crippen LogP) is 2.20. The van der Waals surface area contributed by atoms with Crippen molar-refractivity contribution in [3.05, 3.63) is 66.5 Å². The minimum Gasteiger partial charge on any atom is -0.492 e. The Morgan fingerprint density at radius 3 is 2.47 bits per heavy atom. The lowest BCUT2D eigenvalue weighted by atomic mass is 10.0. The topological polar surface area (TPSA) is 76.4 Å². The molecule has 156 valence electrons. The highest BCUT2D eigenvalue weighted by molar-refractivity contribution is 5.81. The number of aromatic nitrogens is 4. The van der Waals surface area contributed by atoms with Crippen LogP contribution in [0.3, 0.4) is 0 Å². The summed E-state index contributed by atoms with van der Waals surface area (Å²) in [7, 11) is 0. The van der Waals surface area contributed by atoms with Gasteiger partial charge in [0.2, 0.25) is 5.91 Å². The van der Waals surface area contributed by atoms with Gasteiger partial charge >= 0.3 is 0 Å². The number of tetrazole rings is 1. The van der Waals surface area contributed by atoms with E-state index >= 15 is 0 Å². The van der Waals surface area contributed by atoms with Crippen LogP contribution in [0.15, 0.2) is 60.9 Å². The maximum Gasteiger partial charge on any atom is 0.248 e. The third-order valence-electron chi connectivity index (χ3n) is 5.34. The van der Waals surface area contributed by atoms with Gasteiger partial charge in [0.1, 0.15) is 18.1 Å². The van der Waals surface area contributed by atoms with Crippen molar-refractivity contribution in [2.75, 3.05) is 37.7 Å². The fourth-order valence-corrected chi connectivity index (χ4v) is 3.82. The Morgan fingerprint density at radius 1 is 1.03 bits per heavy atom. The van der Waals surface area contributed by atoms with Crippen molar-refractivity contribution < 1.29 is 9.53 Å². The number of amides is 1. The molecule has 0 N–H and O–H groups in total. The molecular formula is C22H26N6O2. The summed E-state index contributed by atoms with van der Waals surface area (Å²) in [5.74, 6) is 0.930. The van der Waals surface area contributed by atoms with E-state index in [0.717, 1.165) is 30.1 Å². The van der Waals surface area contributed by atoms with Crippen LogP contribution in [0.5, 0.6) is 5.75 Å². The van der Waals surface area contributed by atoms with Gasteiger partial charge in [0, 0.05) is 32.6 Å². The van der Waals surface area contributed by atoms with Crippen LogP contribution < -0.4 is 9.64 Å². The summed E-state index contributed by atoms with van der Waals surface area (Å²) < 4.78 is 7.33. The summed E-state index contributed by atoms with van der Waals surface area (Å²) in [5.41, 5.74) is 2.16. The van der Waals surface area contributed by atoms with E-state index in [1.165, 1.54) is 6.33 Å². The highest BCUT2D eigenvalue weighted by Crippen LogP contribution is 2.29. The second-order valence-electron chi connectivity index (χ2n) is 7.21. The van der Waals surface area contributed by atoms with Crippen molar-refractivity contribution in [1.29, 1.82) is 0 Å². The minimum absolute atomic E-state index is 0.0453. The number of carbonyl (C=O) groups excluding carboxylic acids is 1. The van der Waals surface area contributed by atoms with E-state index in [9.17, 15) is 4.79 Å². The molecule has 1 amide bonds. The predicted molar refractivity (Wildman–Crippen MR) is 113 cm³/mol. The molecule has 0 spiro atoms. The van der Waals surface area contributed by atoms with Gasteiger partial charge in [-0.05, 0) is 35.0 Å². The zero-order valence-electron chi connectivity index (χ0n) is 17.1. The molecule has 1 aromatic heterocycles. The molecule has 2 aromatic carbocycles. The highest BCUT2D eigenvalue weighted by Gasteiger charge is 2.30. The second kappa shape index (κ2) is 9.39. The van der Waals surface area contributed by atoms with Crippen LogP contribution >= 0.6 is 0 Å². The average molecular weight is 406 g/mol. The van der Waals surface area contributed by atoms with Gasteiger partial charge in [0.05, 0.1) is 12.3 Å². The standard InChI is InChI=1S/C22H26N6O2/c1-2-30-21-11-7-6-10-19(21)26-12-14-27(15-13-26)22(29)20(28-17-23-24-25-28)16-18-8-4-3-5-9-18/h3-11,17,20H,2,12-16H2,1H3. The Labute approximate surface area is 176 Å². The number of para-hydroxylation sites is 2.